The lowest BCUT2D eigenvalue weighted by Gasteiger charge is -2.05. The minimum absolute atomic E-state index is 0.299. The van der Waals surface area contributed by atoms with Crippen molar-refractivity contribution in [2.24, 2.45) is 0 Å². The quantitative estimate of drug-likeness (QED) is 0.520. The summed E-state index contributed by atoms with van der Waals surface area (Å²) in [5.74, 6) is 0.776. The number of hydrogen-bond donors (Lipinski definition) is 1. The molecule has 0 saturated heterocycles. The van der Waals surface area contributed by atoms with Crippen LogP contribution in [0.15, 0.2) is 42.9 Å². The van der Waals surface area contributed by atoms with Crippen molar-refractivity contribution in [3.8, 4) is 10.6 Å². The number of nitrogens with zero attached hydrogens (tertiary/aromatic N) is 4. The molecule has 8 heteroatoms. The van der Waals surface area contributed by atoms with E-state index in [1.807, 2.05) is 6.92 Å². The van der Waals surface area contributed by atoms with Gasteiger partial charge in [-0.3, -0.25) is 4.98 Å². The van der Waals surface area contributed by atoms with Gasteiger partial charge in [-0.25, -0.2) is 19.3 Å². The summed E-state index contributed by atoms with van der Waals surface area (Å²) in [7, 11) is 0. The number of thiazole rings is 1. The fraction of sp³-hybridized carbons (Fsp3) is 0.111. The van der Waals surface area contributed by atoms with Crippen molar-refractivity contribution < 1.29 is 4.39 Å². The Bertz CT molecular complexity index is 1060. The van der Waals surface area contributed by atoms with E-state index in [4.69, 9.17) is 11.6 Å². The average Bonchev–Trinajstić information content (AvgIpc) is 3.07. The van der Waals surface area contributed by atoms with Gasteiger partial charge >= 0.3 is 0 Å². The monoisotopic (exact) mass is 385 g/mol. The van der Waals surface area contributed by atoms with Crippen molar-refractivity contribution in [3.63, 3.8) is 0 Å². The number of aryl methyl sites for hydroxylation is 1. The van der Waals surface area contributed by atoms with Gasteiger partial charge in [0.1, 0.15) is 16.6 Å². The summed E-state index contributed by atoms with van der Waals surface area (Å²) in [6.45, 7) is 2.02. The van der Waals surface area contributed by atoms with Crippen molar-refractivity contribution in [1.29, 1.82) is 0 Å². The number of aromatic nitrogens is 4. The fourth-order valence-electron chi connectivity index (χ4n) is 2.48. The molecule has 0 saturated carbocycles. The summed E-state index contributed by atoms with van der Waals surface area (Å²) in [6.07, 6.45) is 5.85. The second kappa shape index (κ2) is 6.93. The highest BCUT2D eigenvalue weighted by atomic mass is 35.5. The molecule has 1 aromatic carbocycles. The molecule has 0 atom stereocenters. The van der Waals surface area contributed by atoms with Gasteiger partial charge in [-0.15, -0.1) is 11.3 Å². The van der Waals surface area contributed by atoms with Crippen LogP contribution in [0, 0.1) is 5.82 Å². The first-order valence-corrected chi connectivity index (χ1v) is 9.13. The second-order valence-corrected chi connectivity index (χ2v) is 6.90. The zero-order valence-corrected chi connectivity index (χ0v) is 15.3. The molecule has 26 heavy (non-hydrogen) atoms. The first-order valence-electron chi connectivity index (χ1n) is 7.93. The Balaban J connectivity index is 1.76. The Morgan fingerprint density at radius 3 is 2.77 bits per heavy atom. The lowest BCUT2D eigenvalue weighted by molar-refractivity contribution is 0.631. The van der Waals surface area contributed by atoms with E-state index < -0.39 is 5.82 Å². The number of fused-ring (bicyclic) bond motifs is 1. The van der Waals surface area contributed by atoms with Crippen LogP contribution in [0.2, 0.25) is 5.02 Å². The van der Waals surface area contributed by atoms with Gasteiger partial charge in [-0.05, 0) is 24.6 Å². The number of nitrogens with one attached hydrogen (secondary N) is 1. The summed E-state index contributed by atoms with van der Waals surface area (Å²) in [6, 6.07) is 6.37. The highest BCUT2D eigenvalue weighted by Crippen LogP contribution is 2.38. The molecule has 0 unspecified atom stereocenters. The molecule has 1 N–H and O–H groups in total. The van der Waals surface area contributed by atoms with Crippen LogP contribution in [0.1, 0.15) is 12.6 Å². The first-order chi connectivity index (χ1) is 12.7. The van der Waals surface area contributed by atoms with E-state index in [2.05, 4.69) is 25.3 Å². The van der Waals surface area contributed by atoms with E-state index in [0.29, 0.717) is 32.7 Å². The van der Waals surface area contributed by atoms with Gasteiger partial charge in [-0.2, -0.15) is 0 Å². The van der Waals surface area contributed by atoms with Crippen molar-refractivity contribution in [2.45, 2.75) is 13.3 Å². The maximum atomic E-state index is 14.2. The highest BCUT2D eigenvalue weighted by molar-refractivity contribution is 7.22. The molecule has 3 aromatic heterocycles. The number of hydrogen-bond acceptors (Lipinski definition) is 6. The largest absolute Gasteiger partial charge is 0.322 e. The number of rotatable bonds is 4. The molecule has 0 spiro atoms. The Morgan fingerprint density at radius 2 is 2.04 bits per heavy atom. The molecule has 130 valence electrons. The minimum Gasteiger partial charge on any atom is -0.322 e. The Kier molecular flexibility index (Phi) is 4.48. The number of pyridine rings is 1. The third kappa shape index (κ3) is 3.11. The number of benzene rings is 1. The molecule has 4 aromatic rings. The molecule has 5 nitrogen and oxygen atoms in total. The van der Waals surface area contributed by atoms with Crippen LogP contribution in [0.3, 0.4) is 0 Å². The van der Waals surface area contributed by atoms with E-state index in [9.17, 15) is 4.39 Å². The lowest BCUT2D eigenvalue weighted by atomic mass is 10.2. The van der Waals surface area contributed by atoms with E-state index in [1.54, 1.807) is 36.8 Å². The smallest absolute Gasteiger partial charge is 0.151 e. The minimum atomic E-state index is -0.403. The third-order valence-electron chi connectivity index (χ3n) is 3.80. The van der Waals surface area contributed by atoms with Gasteiger partial charge in [0.2, 0.25) is 0 Å². The van der Waals surface area contributed by atoms with Crippen LogP contribution in [-0.2, 0) is 6.42 Å². The molecule has 0 aliphatic heterocycles. The SMILES string of the molecule is CCc1cnc(Nc2nccc3nc(-c4c(F)cccc4Cl)sc23)cn1. The highest BCUT2D eigenvalue weighted by Gasteiger charge is 2.16. The van der Waals surface area contributed by atoms with Crippen LogP contribution in [0.4, 0.5) is 16.0 Å². The standard InChI is InChI=1S/C18H13ClFN5S/c1-2-10-8-23-14(9-22-10)25-17-16-13(6-7-21-17)24-18(26-16)15-11(19)4-3-5-12(15)20/h3-9H,2H2,1H3,(H,21,23,25). The van der Waals surface area contributed by atoms with Crippen molar-refractivity contribution >= 4 is 44.8 Å². The van der Waals surface area contributed by atoms with Gasteiger partial charge in [0.05, 0.1) is 38.9 Å². The predicted molar refractivity (Wildman–Crippen MR) is 103 cm³/mol. The Morgan fingerprint density at radius 1 is 1.15 bits per heavy atom. The molecule has 4 rings (SSSR count). The molecule has 0 amide bonds. The molecule has 0 aliphatic rings. The normalized spacial score (nSPS) is 11.0. The van der Waals surface area contributed by atoms with Crippen LogP contribution in [-0.4, -0.2) is 19.9 Å². The molecular formula is C18H13ClFN5S. The van der Waals surface area contributed by atoms with Gasteiger partial charge in [-0.1, -0.05) is 24.6 Å². The molecular weight excluding hydrogens is 373 g/mol. The maximum absolute atomic E-state index is 14.2. The number of anilines is 2. The summed E-state index contributed by atoms with van der Waals surface area (Å²) in [5.41, 5.74) is 1.92. The zero-order chi connectivity index (χ0) is 18.1. The Hall–Kier alpha value is -2.64. The van der Waals surface area contributed by atoms with Gasteiger partial charge < -0.3 is 5.32 Å². The molecule has 0 bridgehead atoms. The van der Waals surface area contributed by atoms with E-state index in [0.717, 1.165) is 16.8 Å². The fourth-order valence-corrected chi connectivity index (χ4v) is 3.85. The van der Waals surface area contributed by atoms with Gasteiger partial charge in [0, 0.05) is 6.20 Å². The van der Waals surface area contributed by atoms with E-state index >= 15 is 0 Å². The number of halogens is 2. The molecule has 0 radical (unpaired) electrons. The summed E-state index contributed by atoms with van der Waals surface area (Å²) >= 11 is 7.49. The van der Waals surface area contributed by atoms with Crippen LogP contribution in [0.25, 0.3) is 20.8 Å². The molecule has 0 fully saturated rings. The van der Waals surface area contributed by atoms with Crippen molar-refractivity contribution in [1.82, 2.24) is 19.9 Å². The zero-order valence-electron chi connectivity index (χ0n) is 13.7. The third-order valence-corrected chi connectivity index (χ3v) is 5.21. The van der Waals surface area contributed by atoms with Crippen LogP contribution >= 0.6 is 22.9 Å². The van der Waals surface area contributed by atoms with Crippen LogP contribution < -0.4 is 5.32 Å². The van der Waals surface area contributed by atoms with Crippen molar-refractivity contribution in [3.05, 3.63) is 59.4 Å². The van der Waals surface area contributed by atoms with Crippen LogP contribution in [0.5, 0.6) is 0 Å². The molecule has 0 aliphatic carbocycles. The second-order valence-electron chi connectivity index (χ2n) is 5.50. The predicted octanol–water partition coefficient (Wildman–Crippen LogP) is 5.25. The van der Waals surface area contributed by atoms with E-state index in [-0.39, 0.29) is 0 Å². The summed E-state index contributed by atoms with van der Waals surface area (Å²) in [5, 5.41) is 3.98. The first kappa shape index (κ1) is 16.8. The Labute approximate surface area is 157 Å². The van der Waals surface area contributed by atoms with Gasteiger partial charge in [0.15, 0.2) is 5.82 Å². The van der Waals surface area contributed by atoms with Crippen molar-refractivity contribution in [2.75, 3.05) is 5.32 Å². The summed E-state index contributed by atoms with van der Waals surface area (Å²) in [4.78, 5) is 17.5. The maximum Gasteiger partial charge on any atom is 0.151 e. The average molecular weight is 386 g/mol. The molecule has 3 heterocycles. The van der Waals surface area contributed by atoms with Gasteiger partial charge in [0.25, 0.3) is 0 Å². The summed E-state index contributed by atoms with van der Waals surface area (Å²) < 4.78 is 15.0. The van der Waals surface area contributed by atoms with E-state index in [1.165, 1.54) is 17.4 Å². The lowest BCUT2D eigenvalue weighted by Crippen LogP contribution is -1.98. The topological polar surface area (TPSA) is 63.6 Å².